The second kappa shape index (κ2) is 10.0. The smallest absolute Gasteiger partial charge is 0.219 e. The van der Waals surface area contributed by atoms with Crippen molar-refractivity contribution in [3.8, 4) is 11.1 Å². The molecule has 1 fully saturated rings. The zero-order valence-corrected chi connectivity index (χ0v) is 22.0. The number of aromatic nitrogens is 3. The fourth-order valence-corrected chi connectivity index (χ4v) is 5.46. The standard InChI is InChI=1S/C30H38N6/c1-22(2)30(3,25-11-9-23(10-12-25)24-19-32-29(31)33-20-24)27-21-36(28-8-6-5-7-26(27)28)18-17-35-15-13-34(4)14-16-35/h5-12,19-22H,13-18H2,1-4H3,(H2,31,32,33). The van der Waals surface area contributed by atoms with Crippen LogP contribution in [0.3, 0.4) is 0 Å². The molecule has 1 aliphatic rings. The Hall–Kier alpha value is -3.22. The molecule has 0 spiro atoms. The van der Waals surface area contributed by atoms with Gasteiger partial charge in [0.15, 0.2) is 0 Å². The van der Waals surface area contributed by atoms with E-state index in [0.29, 0.717) is 11.9 Å². The lowest BCUT2D eigenvalue weighted by molar-refractivity contribution is 0.150. The first-order valence-electron chi connectivity index (χ1n) is 13.0. The molecular formula is C30H38N6. The van der Waals surface area contributed by atoms with Crippen LogP contribution >= 0.6 is 0 Å². The van der Waals surface area contributed by atoms with Gasteiger partial charge in [-0.15, -0.1) is 0 Å². The van der Waals surface area contributed by atoms with Crippen molar-refractivity contribution in [2.45, 2.75) is 32.7 Å². The van der Waals surface area contributed by atoms with Crippen LogP contribution in [0.1, 0.15) is 31.9 Å². The van der Waals surface area contributed by atoms with E-state index in [1.54, 1.807) is 12.4 Å². The van der Waals surface area contributed by atoms with Crippen LogP contribution in [0.25, 0.3) is 22.0 Å². The highest BCUT2D eigenvalue weighted by atomic mass is 15.3. The van der Waals surface area contributed by atoms with Gasteiger partial charge in [0.05, 0.1) is 0 Å². The summed E-state index contributed by atoms with van der Waals surface area (Å²) in [6.07, 6.45) is 5.99. The largest absolute Gasteiger partial charge is 0.368 e. The van der Waals surface area contributed by atoms with Crippen molar-refractivity contribution in [1.82, 2.24) is 24.3 Å². The van der Waals surface area contributed by atoms with E-state index in [1.165, 1.54) is 22.0 Å². The van der Waals surface area contributed by atoms with Gasteiger partial charge in [-0.1, -0.05) is 63.2 Å². The average molecular weight is 483 g/mol. The van der Waals surface area contributed by atoms with Gasteiger partial charge in [-0.2, -0.15) is 0 Å². The Bertz CT molecular complexity index is 1300. The molecule has 2 aromatic carbocycles. The molecule has 36 heavy (non-hydrogen) atoms. The van der Waals surface area contributed by atoms with Crippen LogP contribution in [0.2, 0.25) is 0 Å². The third-order valence-corrected chi connectivity index (χ3v) is 8.25. The van der Waals surface area contributed by atoms with Crippen molar-refractivity contribution < 1.29 is 0 Å². The summed E-state index contributed by atoms with van der Waals surface area (Å²) < 4.78 is 2.48. The summed E-state index contributed by atoms with van der Waals surface area (Å²) in [6, 6.07) is 17.8. The van der Waals surface area contributed by atoms with E-state index in [4.69, 9.17) is 5.73 Å². The van der Waals surface area contributed by atoms with Gasteiger partial charge in [0.1, 0.15) is 0 Å². The summed E-state index contributed by atoms with van der Waals surface area (Å²) in [4.78, 5) is 13.3. The number of piperazine rings is 1. The van der Waals surface area contributed by atoms with Gasteiger partial charge in [0, 0.05) is 79.7 Å². The van der Waals surface area contributed by atoms with Gasteiger partial charge in [0.25, 0.3) is 0 Å². The molecule has 4 aromatic rings. The summed E-state index contributed by atoms with van der Waals surface area (Å²) in [5.41, 5.74) is 11.7. The molecule has 3 heterocycles. The van der Waals surface area contributed by atoms with Gasteiger partial charge in [-0.3, -0.25) is 4.90 Å². The topological polar surface area (TPSA) is 63.2 Å². The summed E-state index contributed by atoms with van der Waals surface area (Å²) >= 11 is 0. The van der Waals surface area contributed by atoms with Crippen LogP contribution in [0.5, 0.6) is 0 Å². The molecule has 2 aromatic heterocycles. The van der Waals surface area contributed by atoms with Crippen LogP contribution in [0.15, 0.2) is 67.1 Å². The number of fused-ring (bicyclic) bond motifs is 1. The highest BCUT2D eigenvalue weighted by Crippen LogP contribution is 2.43. The van der Waals surface area contributed by atoms with Crippen LogP contribution in [-0.4, -0.2) is 64.1 Å². The minimum Gasteiger partial charge on any atom is -0.368 e. The lowest BCUT2D eigenvalue weighted by Crippen LogP contribution is -2.45. The van der Waals surface area contributed by atoms with Crippen LogP contribution in [-0.2, 0) is 12.0 Å². The summed E-state index contributed by atoms with van der Waals surface area (Å²) in [6.45, 7) is 13.8. The molecule has 0 radical (unpaired) electrons. The molecule has 188 valence electrons. The Morgan fingerprint density at radius 2 is 1.56 bits per heavy atom. The number of anilines is 1. The second-order valence-corrected chi connectivity index (χ2v) is 10.7. The van der Waals surface area contributed by atoms with E-state index in [1.807, 2.05) is 0 Å². The Morgan fingerprint density at radius 3 is 2.22 bits per heavy atom. The van der Waals surface area contributed by atoms with E-state index < -0.39 is 0 Å². The highest BCUT2D eigenvalue weighted by Gasteiger charge is 2.35. The number of para-hydroxylation sites is 1. The first-order chi connectivity index (χ1) is 17.4. The minimum absolute atomic E-state index is 0.130. The summed E-state index contributed by atoms with van der Waals surface area (Å²) in [7, 11) is 2.21. The molecule has 0 aliphatic carbocycles. The monoisotopic (exact) mass is 482 g/mol. The Labute approximate surface area is 214 Å². The number of nitrogens with zero attached hydrogens (tertiary/aromatic N) is 5. The van der Waals surface area contributed by atoms with Gasteiger partial charge >= 0.3 is 0 Å². The normalized spacial score (nSPS) is 17.0. The lowest BCUT2D eigenvalue weighted by atomic mass is 9.68. The maximum absolute atomic E-state index is 5.67. The fourth-order valence-electron chi connectivity index (χ4n) is 5.46. The van der Waals surface area contributed by atoms with Crippen LogP contribution < -0.4 is 5.73 Å². The van der Waals surface area contributed by atoms with Crippen molar-refractivity contribution in [1.29, 1.82) is 0 Å². The number of benzene rings is 2. The highest BCUT2D eigenvalue weighted by molar-refractivity contribution is 5.86. The molecule has 6 heteroatoms. The van der Waals surface area contributed by atoms with E-state index in [2.05, 4.69) is 107 Å². The number of hydrogen-bond donors (Lipinski definition) is 1. The van der Waals surface area contributed by atoms with Crippen LogP contribution in [0.4, 0.5) is 5.95 Å². The molecule has 1 saturated heterocycles. The molecule has 1 atom stereocenters. The van der Waals surface area contributed by atoms with Crippen molar-refractivity contribution in [2.24, 2.45) is 5.92 Å². The molecule has 0 amide bonds. The van der Waals surface area contributed by atoms with Gasteiger partial charge in [0.2, 0.25) is 5.95 Å². The van der Waals surface area contributed by atoms with E-state index in [0.717, 1.165) is 50.4 Å². The first kappa shape index (κ1) is 24.5. The predicted octanol–water partition coefficient (Wildman–Crippen LogP) is 4.89. The molecule has 0 saturated carbocycles. The summed E-state index contributed by atoms with van der Waals surface area (Å²) in [5, 5.41) is 1.35. The van der Waals surface area contributed by atoms with Crippen molar-refractivity contribution in [2.75, 3.05) is 45.5 Å². The average Bonchev–Trinajstić information content (AvgIpc) is 3.27. The molecular weight excluding hydrogens is 444 g/mol. The van der Waals surface area contributed by atoms with E-state index in [9.17, 15) is 0 Å². The lowest BCUT2D eigenvalue weighted by Gasteiger charge is -2.35. The number of likely N-dealkylation sites (N-methyl/N-ethyl adjacent to an activating group) is 1. The number of nitrogens with two attached hydrogens (primary N) is 1. The Morgan fingerprint density at radius 1 is 0.889 bits per heavy atom. The maximum atomic E-state index is 5.67. The van der Waals surface area contributed by atoms with Crippen molar-refractivity contribution in [3.63, 3.8) is 0 Å². The molecule has 2 N–H and O–H groups in total. The van der Waals surface area contributed by atoms with E-state index in [-0.39, 0.29) is 5.41 Å². The van der Waals surface area contributed by atoms with Gasteiger partial charge in [-0.25, -0.2) is 9.97 Å². The maximum Gasteiger partial charge on any atom is 0.219 e. The number of hydrogen-bond acceptors (Lipinski definition) is 5. The quantitative estimate of drug-likeness (QED) is 0.406. The van der Waals surface area contributed by atoms with Crippen LogP contribution in [0, 0.1) is 5.92 Å². The first-order valence-corrected chi connectivity index (χ1v) is 13.0. The molecule has 0 bridgehead atoms. The van der Waals surface area contributed by atoms with Crippen molar-refractivity contribution in [3.05, 3.63) is 78.2 Å². The SMILES string of the molecule is CC(C)C(C)(c1ccc(-c2cnc(N)nc2)cc1)c1cn(CCN2CCN(C)CC2)c2ccccc12. The predicted molar refractivity (Wildman–Crippen MR) is 149 cm³/mol. The number of rotatable bonds is 7. The fraction of sp³-hybridized carbons (Fsp3) is 0.400. The van der Waals surface area contributed by atoms with Crippen molar-refractivity contribution >= 4 is 16.9 Å². The molecule has 1 aliphatic heterocycles. The molecule has 1 unspecified atom stereocenters. The summed E-state index contributed by atoms with van der Waals surface area (Å²) in [5.74, 6) is 0.715. The molecule has 6 nitrogen and oxygen atoms in total. The minimum atomic E-state index is -0.130. The number of nitrogen functional groups attached to an aromatic ring is 1. The van der Waals surface area contributed by atoms with E-state index >= 15 is 0 Å². The molecule has 5 rings (SSSR count). The second-order valence-electron chi connectivity index (χ2n) is 10.7. The Balaban J connectivity index is 1.48. The Kier molecular flexibility index (Phi) is 6.82. The third-order valence-electron chi connectivity index (χ3n) is 8.25. The zero-order chi connectivity index (χ0) is 25.3. The zero-order valence-electron chi connectivity index (χ0n) is 22.0. The van der Waals surface area contributed by atoms with Gasteiger partial charge in [-0.05, 0) is 35.7 Å². The third kappa shape index (κ3) is 4.63. The van der Waals surface area contributed by atoms with Gasteiger partial charge < -0.3 is 15.2 Å².